The Morgan fingerprint density at radius 2 is 2.00 bits per heavy atom. The topological polar surface area (TPSA) is 47.6 Å². The van der Waals surface area contributed by atoms with Crippen LogP contribution >= 0.6 is 0 Å². The van der Waals surface area contributed by atoms with Gasteiger partial charge in [0.15, 0.2) is 0 Å². The number of methoxy groups -OCH3 is 1. The van der Waals surface area contributed by atoms with Crippen molar-refractivity contribution < 1.29 is 14.3 Å². The Morgan fingerprint density at radius 1 is 1.23 bits per heavy atom. The van der Waals surface area contributed by atoms with E-state index < -0.39 is 0 Å². The number of hydrogen-bond donors (Lipinski definition) is 1. The Balaban J connectivity index is 1.54. The number of hydrogen-bond acceptors (Lipinski definition) is 3. The average Bonchev–Trinajstić information content (AvgIpc) is 2.63. The van der Waals surface area contributed by atoms with Crippen LogP contribution in [0.25, 0.3) is 0 Å². The lowest BCUT2D eigenvalue weighted by molar-refractivity contribution is -0.122. The minimum Gasteiger partial charge on any atom is -0.497 e. The first kappa shape index (κ1) is 18.3. The highest BCUT2D eigenvalue weighted by atomic mass is 16.5. The molecule has 26 heavy (non-hydrogen) atoms. The molecule has 1 heterocycles. The van der Waals surface area contributed by atoms with Crippen molar-refractivity contribution in [1.29, 1.82) is 0 Å². The molecule has 0 radical (unpaired) electrons. The molecule has 3 rings (SSSR count). The second-order valence-corrected chi connectivity index (χ2v) is 6.96. The highest BCUT2D eigenvalue weighted by Gasteiger charge is 2.24. The molecule has 1 aliphatic rings. The lowest BCUT2D eigenvalue weighted by Gasteiger charge is -2.28. The zero-order valence-electron chi connectivity index (χ0n) is 15.8. The second kappa shape index (κ2) is 8.26. The number of rotatable bonds is 6. The molecular formula is C22H27NO3. The van der Waals surface area contributed by atoms with E-state index in [1.165, 1.54) is 11.1 Å². The molecule has 4 heteroatoms. The van der Waals surface area contributed by atoms with Gasteiger partial charge >= 0.3 is 0 Å². The highest BCUT2D eigenvalue weighted by Crippen LogP contribution is 2.35. The van der Waals surface area contributed by atoms with Gasteiger partial charge in [-0.15, -0.1) is 0 Å². The number of ether oxygens (including phenoxy) is 2. The van der Waals surface area contributed by atoms with E-state index in [0.717, 1.165) is 41.9 Å². The van der Waals surface area contributed by atoms with E-state index in [9.17, 15) is 4.79 Å². The Kier molecular flexibility index (Phi) is 5.82. The summed E-state index contributed by atoms with van der Waals surface area (Å²) < 4.78 is 11.0. The molecule has 0 spiro atoms. The van der Waals surface area contributed by atoms with E-state index in [1.807, 2.05) is 12.1 Å². The fourth-order valence-corrected chi connectivity index (χ4v) is 3.54. The second-order valence-electron chi connectivity index (χ2n) is 6.96. The Bertz CT molecular complexity index is 768. The van der Waals surface area contributed by atoms with Crippen LogP contribution in [0.15, 0.2) is 36.4 Å². The Morgan fingerprint density at radius 3 is 2.73 bits per heavy atom. The van der Waals surface area contributed by atoms with Gasteiger partial charge in [0, 0.05) is 18.4 Å². The molecule has 1 aliphatic heterocycles. The summed E-state index contributed by atoms with van der Waals surface area (Å²) in [4.78, 5) is 12.4. The molecule has 1 N–H and O–H groups in total. The number of carbonyl (C=O) groups excluding carboxylic acids is 1. The van der Waals surface area contributed by atoms with Gasteiger partial charge in [-0.1, -0.05) is 29.8 Å². The zero-order valence-corrected chi connectivity index (χ0v) is 15.8. The molecule has 2 aromatic carbocycles. The third kappa shape index (κ3) is 4.37. The summed E-state index contributed by atoms with van der Waals surface area (Å²) >= 11 is 0. The summed E-state index contributed by atoms with van der Waals surface area (Å²) in [6.45, 7) is 4.79. The molecule has 0 aliphatic carbocycles. The monoisotopic (exact) mass is 353 g/mol. The summed E-state index contributed by atoms with van der Waals surface area (Å²) in [6.07, 6.45) is 3.07. The average molecular weight is 353 g/mol. The fraction of sp³-hybridized carbons (Fsp3) is 0.409. The van der Waals surface area contributed by atoms with E-state index in [2.05, 4.69) is 43.4 Å². The standard InChI is InChI=1S/C22H27NO3/c1-15-13-16(2)22-19(14-15)20(11-12-26-22)23-21(24)6-4-5-17-7-9-18(25-3)10-8-17/h7-10,13-14,20H,4-6,11-12H2,1-3H3,(H,23,24). The number of nitrogens with one attached hydrogen (secondary N) is 1. The molecule has 0 aromatic heterocycles. The van der Waals surface area contributed by atoms with Crippen LogP contribution in [0.2, 0.25) is 0 Å². The molecule has 0 bridgehead atoms. The van der Waals surface area contributed by atoms with Crippen LogP contribution in [-0.4, -0.2) is 19.6 Å². The lowest BCUT2D eigenvalue weighted by atomic mass is 9.95. The van der Waals surface area contributed by atoms with Crippen molar-refractivity contribution in [2.75, 3.05) is 13.7 Å². The van der Waals surface area contributed by atoms with Crippen LogP contribution in [0.4, 0.5) is 0 Å². The van der Waals surface area contributed by atoms with Crippen LogP contribution in [0.3, 0.4) is 0 Å². The van der Waals surface area contributed by atoms with Crippen LogP contribution in [-0.2, 0) is 11.2 Å². The SMILES string of the molecule is COc1ccc(CCCC(=O)NC2CCOc3c(C)cc(C)cc32)cc1. The normalized spacial score (nSPS) is 15.7. The van der Waals surface area contributed by atoms with E-state index in [4.69, 9.17) is 9.47 Å². The van der Waals surface area contributed by atoms with Crippen LogP contribution in [0, 0.1) is 13.8 Å². The predicted octanol–water partition coefficient (Wildman–Crippen LogP) is 4.27. The first-order chi connectivity index (χ1) is 12.6. The molecule has 0 saturated carbocycles. The highest BCUT2D eigenvalue weighted by molar-refractivity contribution is 5.76. The van der Waals surface area contributed by atoms with E-state index in [-0.39, 0.29) is 11.9 Å². The van der Waals surface area contributed by atoms with Gasteiger partial charge in [-0.2, -0.15) is 0 Å². The van der Waals surface area contributed by atoms with Crippen molar-refractivity contribution in [1.82, 2.24) is 5.32 Å². The van der Waals surface area contributed by atoms with Gasteiger partial charge in [-0.05, 0) is 49.9 Å². The molecule has 4 nitrogen and oxygen atoms in total. The quantitative estimate of drug-likeness (QED) is 0.843. The van der Waals surface area contributed by atoms with Gasteiger partial charge in [-0.3, -0.25) is 4.79 Å². The maximum absolute atomic E-state index is 12.4. The van der Waals surface area contributed by atoms with Crippen LogP contribution < -0.4 is 14.8 Å². The largest absolute Gasteiger partial charge is 0.497 e. The minimum atomic E-state index is 0.0471. The van der Waals surface area contributed by atoms with Gasteiger partial charge < -0.3 is 14.8 Å². The van der Waals surface area contributed by atoms with Crippen molar-refractivity contribution >= 4 is 5.91 Å². The third-order valence-electron chi connectivity index (χ3n) is 4.84. The number of amides is 1. The third-order valence-corrected chi connectivity index (χ3v) is 4.84. The van der Waals surface area contributed by atoms with Crippen LogP contribution in [0.5, 0.6) is 11.5 Å². The first-order valence-electron chi connectivity index (χ1n) is 9.23. The van der Waals surface area contributed by atoms with Gasteiger partial charge in [0.05, 0.1) is 19.8 Å². The van der Waals surface area contributed by atoms with Gasteiger partial charge in [0.25, 0.3) is 0 Å². The van der Waals surface area contributed by atoms with Gasteiger partial charge in [0.1, 0.15) is 11.5 Å². The molecular weight excluding hydrogens is 326 g/mol. The Labute approximate surface area is 155 Å². The number of aryl methyl sites for hydroxylation is 3. The van der Waals surface area contributed by atoms with E-state index in [0.29, 0.717) is 13.0 Å². The predicted molar refractivity (Wildman–Crippen MR) is 103 cm³/mol. The van der Waals surface area contributed by atoms with Crippen molar-refractivity contribution in [3.05, 3.63) is 58.7 Å². The summed E-state index contributed by atoms with van der Waals surface area (Å²) in [5, 5.41) is 3.20. The molecule has 1 atom stereocenters. The molecule has 1 amide bonds. The van der Waals surface area contributed by atoms with Crippen molar-refractivity contribution in [2.24, 2.45) is 0 Å². The fourth-order valence-electron chi connectivity index (χ4n) is 3.54. The zero-order chi connectivity index (χ0) is 18.5. The van der Waals surface area contributed by atoms with Gasteiger partial charge in [-0.25, -0.2) is 0 Å². The number of fused-ring (bicyclic) bond motifs is 1. The van der Waals surface area contributed by atoms with E-state index >= 15 is 0 Å². The number of carbonyl (C=O) groups is 1. The summed E-state index contributed by atoms with van der Waals surface area (Å²) in [5.41, 5.74) is 4.67. The van der Waals surface area contributed by atoms with Crippen LogP contribution in [0.1, 0.15) is 47.6 Å². The van der Waals surface area contributed by atoms with E-state index in [1.54, 1.807) is 7.11 Å². The summed E-state index contributed by atoms with van der Waals surface area (Å²) in [5.74, 6) is 1.90. The van der Waals surface area contributed by atoms with Crippen molar-refractivity contribution in [2.45, 2.75) is 45.6 Å². The summed E-state index contributed by atoms with van der Waals surface area (Å²) in [6, 6.07) is 12.3. The minimum absolute atomic E-state index is 0.0471. The molecule has 0 fully saturated rings. The molecule has 2 aromatic rings. The maximum Gasteiger partial charge on any atom is 0.220 e. The smallest absolute Gasteiger partial charge is 0.220 e. The van der Waals surface area contributed by atoms with Crippen molar-refractivity contribution in [3.8, 4) is 11.5 Å². The number of benzene rings is 2. The molecule has 0 saturated heterocycles. The molecule has 1 unspecified atom stereocenters. The van der Waals surface area contributed by atoms with Gasteiger partial charge in [0.2, 0.25) is 5.91 Å². The summed E-state index contributed by atoms with van der Waals surface area (Å²) in [7, 11) is 1.66. The van der Waals surface area contributed by atoms with Crippen molar-refractivity contribution in [3.63, 3.8) is 0 Å². The maximum atomic E-state index is 12.4. The molecule has 138 valence electrons. The lowest BCUT2D eigenvalue weighted by Crippen LogP contribution is -2.32. The first-order valence-corrected chi connectivity index (χ1v) is 9.23. The Hall–Kier alpha value is -2.49.